The molecule has 0 aliphatic heterocycles. The van der Waals surface area contributed by atoms with Gasteiger partial charge in [0, 0.05) is 23.8 Å². The van der Waals surface area contributed by atoms with Gasteiger partial charge in [0.2, 0.25) is 5.88 Å². The Kier molecular flexibility index (Phi) is 2.90. The molecule has 0 aliphatic carbocycles. The highest BCUT2D eigenvalue weighted by atomic mass is 79.9. The maximum atomic E-state index is 5.68. The number of hydrogen-bond donors (Lipinski definition) is 0. The minimum Gasteiger partial charge on any atom is -0.438 e. The van der Waals surface area contributed by atoms with Crippen LogP contribution in [0.5, 0.6) is 11.6 Å². The smallest absolute Gasteiger partial charge is 0.236 e. The Bertz CT molecular complexity index is 702. The van der Waals surface area contributed by atoms with Crippen LogP contribution in [0.15, 0.2) is 53.5 Å². The third kappa shape index (κ3) is 2.17. The predicted octanol–water partition coefficient (Wildman–Crippen LogP) is 3.58. The van der Waals surface area contributed by atoms with Crippen molar-refractivity contribution in [1.82, 2.24) is 15.0 Å². The molecule has 2 aromatic heterocycles. The summed E-state index contributed by atoms with van der Waals surface area (Å²) in [6.07, 6.45) is 4.84. The molecule has 5 heteroatoms. The van der Waals surface area contributed by atoms with E-state index in [1.54, 1.807) is 12.4 Å². The summed E-state index contributed by atoms with van der Waals surface area (Å²) in [6.45, 7) is 0. The van der Waals surface area contributed by atoms with Crippen LogP contribution in [0, 0.1) is 0 Å². The first kappa shape index (κ1) is 11.1. The van der Waals surface area contributed by atoms with Crippen LogP contribution in [-0.4, -0.2) is 15.0 Å². The highest BCUT2D eigenvalue weighted by Crippen LogP contribution is 2.27. The topological polar surface area (TPSA) is 47.9 Å². The summed E-state index contributed by atoms with van der Waals surface area (Å²) in [5.41, 5.74) is 0.889. The van der Waals surface area contributed by atoms with E-state index in [1.807, 2.05) is 30.3 Å². The van der Waals surface area contributed by atoms with E-state index in [1.165, 1.54) is 6.33 Å². The number of pyridine rings is 1. The van der Waals surface area contributed by atoms with Gasteiger partial charge in [-0.15, -0.1) is 0 Å². The van der Waals surface area contributed by atoms with Crippen LogP contribution in [0.4, 0.5) is 0 Å². The molecule has 0 N–H and O–H groups in total. The Morgan fingerprint density at radius 2 is 2.06 bits per heavy atom. The summed E-state index contributed by atoms with van der Waals surface area (Å²) in [6, 6.07) is 9.64. The van der Waals surface area contributed by atoms with Crippen molar-refractivity contribution in [3.63, 3.8) is 0 Å². The number of rotatable bonds is 2. The molecule has 0 bridgehead atoms. The molecule has 0 fully saturated rings. The fourth-order valence-corrected chi connectivity index (χ4v) is 1.90. The van der Waals surface area contributed by atoms with Crippen molar-refractivity contribution in [1.29, 1.82) is 0 Å². The number of fused-ring (bicyclic) bond motifs is 1. The van der Waals surface area contributed by atoms with Gasteiger partial charge in [0.25, 0.3) is 0 Å². The first-order valence-corrected chi connectivity index (χ1v) is 6.10. The van der Waals surface area contributed by atoms with Crippen molar-refractivity contribution in [3.05, 3.63) is 53.5 Å². The van der Waals surface area contributed by atoms with Crippen LogP contribution in [0.3, 0.4) is 0 Å². The maximum Gasteiger partial charge on any atom is 0.236 e. The van der Waals surface area contributed by atoms with Crippen LogP contribution in [0.1, 0.15) is 0 Å². The van der Waals surface area contributed by atoms with E-state index in [9.17, 15) is 0 Å². The maximum absolute atomic E-state index is 5.68. The zero-order chi connectivity index (χ0) is 12.4. The first-order chi connectivity index (χ1) is 8.83. The molecule has 3 rings (SSSR count). The summed E-state index contributed by atoms with van der Waals surface area (Å²) >= 11 is 3.34. The molecular weight excluding hydrogens is 294 g/mol. The van der Waals surface area contributed by atoms with Crippen molar-refractivity contribution >= 4 is 26.8 Å². The summed E-state index contributed by atoms with van der Waals surface area (Å²) < 4.78 is 6.39. The highest BCUT2D eigenvalue weighted by Gasteiger charge is 2.04. The second-order valence-corrected chi connectivity index (χ2v) is 4.49. The van der Waals surface area contributed by atoms with E-state index in [4.69, 9.17) is 4.74 Å². The number of ether oxygens (including phenoxy) is 1. The Morgan fingerprint density at radius 1 is 1.11 bits per heavy atom. The fourth-order valence-electron chi connectivity index (χ4n) is 1.60. The fraction of sp³-hybridized carbons (Fsp3) is 0. The van der Waals surface area contributed by atoms with Gasteiger partial charge in [0.1, 0.15) is 12.1 Å². The van der Waals surface area contributed by atoms with Crippen molar-refractivity contribution < 1.29 is 4.74 Å². The molecule has 18 heavy (non-hydrogen) atoms. The molecule has 0 aliphatic rings. The summed E-state index contributed by atoms with van der Waals surface area (Å²) in [5, 5.41) is 1.08. The summed E-state index contributed by atoms with van der Waals surface area (Å²) in [7, 11) is 0. The monoisotopic (exact) mass is 301 g/mol. The van der Waals surface area contributed by atoms with E-state index in [0.717, 1.165) is 10.9 Å². The average molecular weight is 302 g/mol. The summed E-state index contributed by atoms with van der Waals surface area (Å²) in [5.74, 6) is 1.18. The second-order valence-electron chi connectivity index (χ2n) is 3.64. The van der Waals surface area contributed by atoms with E-state index in [-0.39, 0.29) is 0 Å². The molecule has 0 amide bonds. The van der Waals surface area contributed by atoms with Gasteiger partial charge in [0.05, 0.1) is 9.99 Å². The zero-order valence-electron chi connectivity index (χ0n) is 9.25. The van der Waals surface area contributed by atoms with Crippen LogP contribution in [-0.2, 0) is 0 Å². The van der Waals surface area contributed by atoms with Gasteiger partial charge < -0.3 is 4.74 Å². The standard InChI is InChI=1S/C13H8BrN3O/c14-11-7-15-8-17-13(11)18-10-4-3-9-2-1-5-16-12(9)6-10/h1-8H. The van der Waals surface area contributed by atoms with Crippen molar-refractivity contribution in [2.45, 2.75) is 0 Å². The quantitative estimate of drug-likeness (QED) is 0.726. The van der Waals surface area contributed by atoms with E-state index < -0.39 is 0 Å². The molecular formula is C13H8BrN3O. The zero-order valence-corrected chi connectivity index (χ0v) is 10.8. The molecule has 0 atom stereocenters. The van der Waals surface area contributed by atoms with Gasteiger partial charge in [-0.2, -0.15) is 0 Å². The molecule has 4 nitrogen and oxygen atoms in total. The average Bonchev–Trinajstić information content (AvgIpc) is 2.41. The van der Waals surface area contributed by atoms with Gasteiger partial charge in [-0.25, -0.2) is 9.97 Å². The van der Waals surface area contributed by atoms with Crippen LogP contribution in [0.25, 0.3) is 10.9 Å². The van der Waals surface area contributed by atoms with Gasteiger partial charge in [-0.1, -0.05) is 6.07 Å². The van der Waals surface area contributed by atoms with Gasteiger partial charge in [-0.05, 0) is 34.1 Å². The third-order valence-electron chi connectivity index (χ3n) is 2.43. The Morgan fingerprint density at radius 3 is 2.94 bits per heavy atom. The van der Waals surface area contributed by atoms with Crippen molar-refractivity contribution in [2.75, 3.05) is 0 Å². The van der Waals surface area contributed by atoms with Gasteiger partial charge in [0.15, 0.2) is 0 Å². The number of aromatic nitrogens is 3. The highest BCUT2D eigenvalue weighted by molar-refractivity contribution is 9.10. The number of benzene rings is 1. The molecule has 0 saturated carbocycles. The van der Waals surface area contributed by atoms with Crippen LogP contribution >= 0.6 is 15.9 Å². The molecule has 0 saturated heterocycles. The van der Waals surface area contributed by atoms with E-state index in [2.05, 4.69) is 30.9 Å². The van der Waals surface area contributed by atoms with Crippen molar-refractivity contribution in [2.24, 2.45) is 0 Å². The van der Waals surface area contributed by atoms with E-state index in [0.29, 0.717) is 16.1 Å². The Labute approximate surface area is 112 Å². The lowest BCUT2D eigenvalue weighted by Crippen LogP contribution is -1.90. The minimum atomic E-state index is 0.486. The normalized spacial score (nSPS) is 10.5. The molecule has 0 spiro atoms. The molecule has 2 heterocycles. The lowest BCUT2D eigenvalue weighted by molar-refractivity contribution is 0.458. The molecule has 1 aromatic carbocycles. The first-order valence-electron chi connectivity index (χ1n) is 5.31. The second kappa shape index (κ2) is 4.70. The molecule has 0 unspecified atom stereocenters. The lowest BCUT2D eigenvalue weighted by atomic mass is 10.2. The van der Waals surface area contributed by atoms with Crippen LogP contribution < -0.4 is 4.74 Å². The number of hydrogen-bond acceptors (Lipinski definition) is 4. The molecule has 3 aromatic rings. The predicted molar refractivity (Wildman–Crippen MR) is 71.5 cm³/mol. The minimum absolute atomic E-state index is 0.486. The Balaban J connectivity index is 1.98. The molecule has 0 radical (unpaired) electrons. The molecule has 88 valence electrons. The third-order valence-corrected chi connectivity index (χ3v) is 2.97. The largest absolute Gasteiger partial charge is 0.438 e. The number of nitrogens with zero attached hydrogens (tertiary/aromatic N) is 3. The van der Waals surface area contributed by atoms with Gasteiger partial charge >= 0.3 is 0 Å². The summed E-state index contributed by atoms with van der Waals surface area (Å²) in [4.78, 5) is 12.2. The SMILES string of the molecule is Brc1cncnc1Oc1ccc2cccnc2c1. The Hall–Kier alpha value is -2.01. The van der Waals surface area contributed by atoms with Crippen LogP contribution in [0.2, 0.25) is 0 Å². The van der Waals surface area contributed by atoms with E-state index >= 15 is 0 Å². The van der Waals surface area contributed by atoms with Gasteiger partial charge in [-0.3, -0.25) is 4.98 Å². The lowest BCUT2D eigenvalue weighted by Gasteiger charge is -2.06. The van der Waals surface area contributed by atoms with Crippen molar-refractivity contribution in [3.8, 4) is 11.6 Å². The number of halogens is 1.